The van der Waals surface area contributed by atoms with Crippen molar-refractivity contribution in [3.05, 3.63) is 0 Å². The highest BCUT2D eigenvalue weighted by Crippen LogP contribution is 2.42. The minimum Gasteiger partial charge on any atom is -0.468 e. The van der Waals surface area contributed by atoms with Crippen LogP contribution in [0.5, 0.6) is 0 Å². The Morgan fingerprint density at radius 1 is 1.19 bits per heavy atom. The number of methoxy groups -OCH3 is 1. The van der Waals surface area contributed by atoms with Crippen LogP contribution >= 0.6 is 0 Å². The first-order valence-corrected chi connectivity index (χ1v) is 6.49. The molecule has 21 heavy (non-hydrogen) atoms. The molecule has 0 spiro atoms. The topological polar surface area (TPSA) is 66.9 Å². The van der Waals surface area contributed by atoms with E-state index in [1.807, 2.05) is 0 Å². The van der Waals surface area contributed by atoms with Crippen LogP contribution in [-0.4, -0.2) is 59.9 Å². The van der Waals surface area contributed by atoms with Crippen molar-refractivity contribution >= 4 is 17.8 Å². The molecule has 2 aliphatic rings. The number of fused-ring (bicyclic) bond motifs is 1. The fraction of sp³-hybridized carbons (Fsp3) is 0.533. The summed E-state index contributed by atoms with van der Waals surface area (Å²) in [5, 5.41) is 0. The molecule has 110 valence electrons. The number of nitrogens with zero attached hydrogens (tertiary/aromatic N) is 2. The van der Waals surface area contributed by atoms with Crippen molar-refractivity contribution in [2.24, 2.45) is 11.8 Å². The molecule has 6 heteroatoms. The molecule has 0 aromatic heterocycles. The molecule has 2 heterocycles. The van der Waals surface area contributed by atoms with Gasteiger partial charge in [0.25, 0.3) is 0 Å². The van der Waals surface area contributed by atoms with Crippen LogP contribution in [-0.2, 0) is 19.1 Å². The average molecular weight is 288 g/mol. The smallest absolute Gasteiger partial charge is 0.322 e. The summed E-state index contributed by atoms with van der Waals surface area (Å²) in [7, 11) is 2.67. The van der Waals surface area contributed by atoms with E-state index in [9.17, 15) is 14.4 Å². The lowest BCUT2D eigenvalue weighted by Gasteiger charge is -2.31. The van der Waals surface area contributed by atoms with Gasteiger partial charge in [-0.2, -0.15) is 0 Å². The number of esters is 1. The Labute approximate surface area is 123 Å². The summed E-state index contributed by atoms with van der Waals surface area (Å²) in [6.45, 7) is 1.60. The van der Waals surface area contributed by atoms with Crippen LogP contribution in [0.15, 0.2) is 0 Å². The van der Waals surface area contributed by atoms with E-state index >= 15 is 0 Å². The standard InChI is InChI=1S/C15H16N2O4/c1-6-9-11-12(14(19)16(4)13(11)18)10(7-2)17(9)8(3)15(20)21-5/h1-2,8-12H,3-5H3/t8-,9+,10+,11-,12+/m0/s1. The molecule has 0 unspecified atom stereocenters. The van der Waals surface area contributed by atoms with Crippen LogP contribution in [0.2, 0.25) is 0 Å². The fourth-order valence-corrected chi connectivity index (χ4v) is 3.22. The van der Waals surface area contributed by atoms with Crippen molar-refractivity contribution in [2.75, 3.05) is 14.2 Å². The SMILES string of the molecule is C#C[C@@H]1[C@@H]2C(=O)N(C)C(=O)[C@@H]2[C@@H](C#C)N1[C@@H](C)C(=O)OC. The number of ether oxygens (including phenoxy) is 1. The van der Waals surface area contributed by atoms with E-state index in [0.29, 0.717) is 0 Å². The lowest BCUT2D eigenvalue weighted by molar-refractivity contribution is -0.149. The number of hydrogen-bond acceptors (Lipinski definition) is 5. The van der Waals surface area contributed by atoms with Crippen molar-refractivity contribution in [3.63, 3.8) is 0 Å². The van der Waals surface area contributed by atoms with Gasteiger partial charge in [-0.1, -0.05) is 11.8 Å². The normalized spacial score (nSPS) is 33.3. The Kier molecular flexibility index (Phi) is 3.76. The number of imide groups is 1. The van der Waals surface area contributed by atoms with Gasteiger partial charge in [0, 0.05) is 7.05 Å². The zero-order valence-electron chi connectivity index (χ0n) is 12.1. The zero-order valence-corrected chi connectivity index (χ0v) is 12.1. The second-order valence-electron chi connectivity index (χ2n) is 5.16. The Morgan fingerprint density at radius 2 is 1.62 bits per heavy atom. The van der Waals surface area contributed by atoms with Gasteiger partial charge < -0.3 is 4.74 Å². The summed E-state index contributed by atoms with van der Waals surface area (Å²) < 4.78 is 4.71. The highest BCUT2D eigenvalue weighted by molar-refractivity contribution is 6.06. The van der Waals surface area contributed by atoms with E-state index in [2.05, 4.69) is 11.8 Å². The number of rotatable bonds is 2. The summed E-state index contributed by atoms with van der Waals surface area (Å²) in [5.41, 5.74) is 0. The molecular formula is C15H16N2O4. The Bertz CT molecular complexity index is 545. The summed E-state index contributed by atoms with van der Waals surface area (Å²) in [5.74, 6) is 2.37. The van der Waals surface area contributed by atoms with Crippen LogP contribution in [0.25, 0.3) is 0 Å². The quantitative estimate of drug-likeness (QED) is 0.374. The number of carbonyl (C=O) groups excluding carboxylic acids is 3. The zero-order chi connectivity index (χ0) is 15.9. The fourth-order valence-electron chi connectivity index (χ4n) is 3.22. The third-order valence-electron chi connectivity index (χ3n) is 4.27. The van der Waals surface area contributed by atoms with E-state index in [1.54, 1.807) is 11.8 Å². The third-order valence-corrected chi connectivity index (χ3v) is 4.27. The first-order chi connectivity index (χ1) is 9.90. The third kappa shape index (κ3) is 1.91. The van der Waals surface area contributed by atoms with Crippen LogP contribution in [0.4, 0.5) is 0 Å². The lowest BCUT2D eigenvalue weighted by atomic mass is 9.90. The number of carbonyl (C=O) groups is 3. The van der Waals surface area contributed by atoms with Crippen LogP contribution in [0, 0.1) is 36.5 Å². The maximum atomic E-state index is 12.2. The molecule has 0 aromatic carbocycles. The molecule has 2 fully saturated rings. The van der Waals surface area contributed by atoms with Gasteiger partial charge in [-0.05, 0) is 6.92 Å². The molecular weight excluding hydrogens is 272 g/mol. The molecule has 2 aliphatic heterocycles. The highest BCUT2D eigenvalue weighted by Gasteiger charge is 2.62. The summed E-state index contributed by atoms with van der Waals surface area (Å²) in [4.78, 5) is 38.9. The minimum absolute atomic E-state index is 0.354. The van der Waals surface area contributed by atoms with E-state index in [1.165, 1.54) is 14.2 Å². The molecule has 0 saturated carbocycles. The predicted octanol–water partition coefficient (Wildman–Crippen LogP) is -0.902. The Balaban J connectivity index is 2.48. The molecule has 0 aromatic rings. The molecule has 0 bridgehead atoms. The second kappa shape index (κ2) is 5.23. The van der Waals surface area contributed by atoms with E-state index in [-0.39, 0.29) is 11.8 Å². The van der Waals surface area contributed by atoms with Crippen molar-refractivity contribution in [3.8, 4) is 24.7 Å². The summed E-state index contributed by atoms with van der Waals surface area (Å²) in [6.07, 6.45) is 11.1. The van der Waals surface area contributed by atoms with Gasteiger partial charge in [-0.3, -0.25) is 24.2 Å². The summed E-state index contributed by atoms with van der Waals surface area (Å²) in [6, 6.07) is -2.13. The number of likely N-dealkylation sites (tertiary alicyclic amines) is 2. The van der Waals surface area contributed by atoms with Crippen LogP contribution in [0.1, 0.15) is 6.92 Å². The van der Waals surface area contributed by atoms with E-state index in [4.69, 9.17) is 17.6 Å². The van der Waals surface area contributed by atoms with Gasteiger partial charge in [-0.25, -0.2) is 0 Å². The van der Waals surface area contributed by atoms with E-state index < -0.39 is 35.9 Å². The number of hydrogen-bond donors (Lipinski definition) is 0. The van der Waals surface area contributed by atoms with E-state index in [0.717, 1.165) is 4.90 Å². The molecule has 0 aliphatic carbocycles. The number of terminal acetylenes is 2. The van der Waals surface area contributed by atoms with Crippen LogP contribution < -0.4 is 0 Å². The van der Waals surface area contributed by atoms with Crippen LogP contribution in [0.3, 0.4) is 0 Å². The Morgan fingerprint density at radius 3 is 1.95 bits per heavy atom. The van der Waals surface area contributed by atoms with Gasteiger partial charge in [0.1, 0.15) is 6.04 Å². The van der Waals surface area contributed by atoms with Crippen molar-refractivity contribution in [1.82, 2.24) is 9.80 Å². The number of amides is 2. The van der Waals surface area contributed by atoms with Gasteiger partial charge in [0.2, 0.25) is 11.8 Å². The van der Waals surface area contributed by atoms with Crippen molar-refractivity contribution in [1.29, 1.82) is 0 Å². The minimum atomic E-state index is -0.728. The van der Waals surface area contributed by atoms with Crippen molar-refractivity contribution < 1.29 is 19.1 Å². The molecule has 6 nitrogen and oxygen atoms in total. The maximum absolute atomic E-state index is 12.2. The largest absolute Gasteiger partial charge is 0.468 e. The van der Waals surface area contributed by atoms with Crippen molar-refractivity contribution in [2.45, 2.75) is 25.0 Å². The molecule has 2 saturated heterocycles. The molecule has 2 amide bonds. The second-order valence-corrected chi connectivity index (χ2v) is 5.16. The van der Waals surface area contributed by atoms with Gasteiger partial charge in [-0.15, -0.1) is 12.8 Å². The first-order valence-electron chi connectivity index (χ1n) is 6.49. The highest BCUT2D eigenvalue weighted by atomic mass is 16.5. The summed E-state index contributed by atoms with van der Waals surface area (Å²) >= 11 is 0. The first kappa shape index (κ1) is 15.1. The molecule has 2 rings (SSSR count). The molecule has 0 N–H and O–H groups in total. The molecule has 0 radical (unpaired) electrons. The average Bonchev–Trinajstić information content (AvgIpc) is 2.94. The van der Waals surface area contributed by atoms with Gasteiger partial charge in [0.05, 0.1) is 31.0 Å². The monoisotopic (exact) mass is 288 g/mol. The Hall–Kier alpha value is -2.31. The molecule has 5 atom stereocenters. The maximum Gasteiger partial charge on any atom is 0.322 e. The lowest BCUT2D eigenvalue weighted by Crippen LogP contribution is -2.50. The van der Waals surface area contributed by atoms with Gasteiger partial charge in [0.15, 0.2) is 0 Å². The van der Waals surface area contributed by atoms with Gasteiger partial charge >= 0.3 is 5.97 Å². The predicted molar refractivity (Wildman–Crippen MR) is 73.3 cm³/mol.